The Kier molecular flexibility index (Phi) is 4.40. The molecule has 0 saturated heterocycles. The Morgan fingerprint density at radius 1 is 1.47 bits per heavy atom. The Bertz CT molecular complexity index is 318. The Balaban J connectivity index is 2.15. The highest BCUT2D eigenvalue weighted by atomic mass is 16.7. The molecule has 82 valence electrons. The molecule has 0 aliphatic rings. The second-order valence-electron chi connectivity index (χ2n) is 2.98. The van der Waals surface area contributed by atoms with Gasteiger partial charge >= 0.3 is 12.1 Å². The average molecular weight is 211 g/mol. The van der Waals surface area contributed by atoms with E-state index < -0.39 is 12.1 Å². The summed E-state index contributed by atoms with van der Waals surface area (Å²) in [5, 5.41) is 0. The first-order valence-electron chi connectivity index (χ1n) is 4.63. The van der Waals surface area contributed by atoms with Crippen LogP contribution in [0.2, 0.25) is 0 Å². The fourth-order valence-corrected chi connectivity index (χ4v) is 1.13. The number of carbonyl (C=O) groups is 2. The van der Waals surface area contributed by atoms with E-state index in [9.17, 15) is 9.59 Å². The number of aryl methyl sites for hydroxylation is 1. The summed E-state index contributed by atoms with van der Waals surface area (Å²) in [6.07, 6.45) is 2.45. The van der Waals surface area contributed by atoms with Crippen molar-refractivity contribution < 1.29 is 19.1 Å². The summed E-state index contributed by atoms with van der Waals surface area (Å²) < 4.78 is 8.49. The third-order valence-corrected chi connectivity index (χ3v) is 1.85. The topological polar surface area (TPSA) is 68.4 Å². The maximum Gasteiger partial charge on any atom is 0.515 e. The molecule has 0 fully saturated rings. The van der Waals surface area contributed by atoms with Gasteiger partial charge in [0.05, 0.1) is 7.11 Å². The first-order valence-corrected chi connectivity index (χ1v) is 4.63. The van der Waals surface area contributed by atoms with Gasteiger partial charge in [0.2, 0.25) is 0 Å². The molecule has 1 rings (SSSR count). The van der Waals surface area contributed by atoms with Crippen molar-refractivity contribution in [1.29, 1.82) is 0 Å². The molecule has 0 aliphatic heterocycles. The van der Waals surface area contributed by atoms with Crippen LogP contribution in [-0.2, 0) is 20.7 Å². The van der Waals surface area contributed by atoms with Crippen LogP contribution in [0.25, 0.3) is 0 Å². The molecule has 0 bridgehead atoms. The molecule has 5 nitrogen and oxygen atoms in total. The van der Waals surface area contributed by atoms with Crippen LogP contribution in [-0.4, -0.2) is 24.2 Å². The number of ether oxygens (including phenoxy) is 2. The van der Waals surface area contributed by atoms with E-state index in [2.05, 4.69) is 14.5 Å². The van der Waals surface area contributed by atoms with Gasteiger partial charge in [0, 0.05) is 18.3 Å². The highest BCUT2D eigenvalue weighted by molar-refractivity contribution is 5.81. The SMILES string of the molecule is COC(=O)OC(=O)CCCc1ccc[nH]1. The summed E-state index contributed by atoms with van der Waals surface area (Å²) in [7, 11) is 1.16. The van der Waals surface area contributed by atoms with Crippen molar-refractivity contribution in [1.82, 2.24) is 4.98 Å². The molecular weight excluding hydrogens is 198 g/mol. The lowest BCUT2D eigenvalue weighted by molar-refractivity contribution is -0.139. The Morgan fingerprint density at radius 2 is 2.27 bits per heavy atom. The molecule has 0 spiro atoms. The number of rotatable bonds is 4. The van der Waals surface area contributed by atoms with Gasteiger partial charge in [-0.2, -0.15) is 0 Å². The van der Waals surface area contributed by atoms with Gasteiger partial charge in [-0.1, -0.05) is 0 Å². The molecule has 1 heterocycles. The summed E-state index contributed by atoms with van der Waals surface area (Å²) >= 11 is 0. The molecule has 0 saturated carbocycles. The molecule has 5 heteroatoms. The molecule has 0 aromatic carbocycles. The molecule has 1 aromatic rings. The van der Waals surface area contributed by atoms with Crippen molar-refractivity contribution in [2.24, 2.45) is 0 Å². The predicted molar refractivity (Wildman–Crippen MR) is 52.2 cm³/mol. The standard InChI is InChI=1S/C10H13NO4/c1-14-10(13)15-9(12)6-2-4-8-5-3-7-11-8/h3,5,7,11H,2,4,6H2,1H3. The minimum atomic E-state index is -0.958. The molecule has 0 radical (unpaired) electrons. The van der Waals surface area contributed by atoms with E-state index >= 15 is 0 Å². The summed E-state index contributed by atoms with van der Waals surface area (Å²) in [6.45, 7) is 0. The monoisotopic (exact) mass is 211 g/mol. The number of methoxy groups -OCH3 is 1. The molecule has 1 N–H and O–H groups in total. The fourth-order valence-electron chi connectivity index (χ4n) is 1.13. The Morgan fingerprint density at radius 3 is 2.87 bits per heavy atom. The van der Waals surface area contributed by atoms with Gasteiger partial charge in [-0.15, -0.1) is 0 Å². The van der Waals surface area contributed by atoms with Crippen molar-refractivity contribution in [2.75, 3.05) is 7.11 Å². The van der Waals surface area contributed by atoms with Crippen molar-refractivity contribution in [3.63, 3.8) is 0 Å². The summed E-state index contributed by atoms with van der Waals surface area (Å²) in [6, 6.07) is 3.83. The first-order chi connectivity index (χ1) is 7.22. The van der Waals surface area contributed by atoms with Crippen molar-refractivity contribution in [3.8, 4) is 0 Å². The van der Waals surface area contributed by atoms with E-state index in [1.165, 1.54) is 0 Å². The van der Waals surface area contributed by atoms with Gasteiger partial charge in [0.1, 0.15) is 0 Å². The summed E-state index contributed by atoms with van der Waals surface area (Å²) in [4.78, 5) is 24.6. The van der Waals surface area contributed by atoms with Crippen molar-refractivity contribution >= 4 is 12.1 Å². The lowest BCUT2D eigenvalue weighted by Crippen LogP contribution is -2.12. The van der Waals surface area contributed by atoms with Crippen LogP contribution in [0.4, 0.5) is 4.79 Å². The van der Waals surface area contributed by atoms with E-state index in [0.717, 1.165) is 19.2 Å². The smallest absolute Gasteiger partial charge is 0.437 e. The van der Waals surface area contributed by atoms with Crippen LogP contribution in [0.3, 0.4) is 0 Å². The van der Waals surface area contributed by atoms with E-state index in [-0.39, 0.29) is 6.42 Å². The number of hydrogen-bond acceptors (Lipinski definition) is 4. The van der Waals surface area contributed by atoms with E-state index in [0.29, 0.717) is 6.42 Å². The van der Waals surface area contributed by atoms with Gasteiger partial charge in [-0.3, -0.25) is 4.79 Å². The Hall–Kier alpha value is -1.78. The van der Waals surface area contributed by atoms with Gasteiger partial charge in [0.25, 0.3) is 0 Å². The molecule has 0 atom stereocenters. The maximum absolute atomic E-state index is 11.0. The number of carbonyl (C=O) groups excluding carboxylic acids is 2. The lowest BCUT2D eigenvalue weighted by Gasteiger charge is -2.00. The zero-order valence-corrected chi connectivity index (χ0v) is 8.49. The zero-order chi connectivity index (χ0) is 11.1. The van der Waals surface area contributed by atoms with Crippen LogP contribution >= 0.6 is 0 Å². The summed E-state index contributed by atoms with van der Waals surface area (Å²) in [5.74, 6) is -0.562. The number of H-pyrrole nitrogens is 1. The quantitative estimate of drug-likeness (QED) is 0.607. The number of nitrogens with one attached hydrogen (secondary N) is 1. The highest BCUT2D eigenvalue weighted by Crippen LogP contribution is 2.03. The largest absolute Gasteiger partial charge is 0.515 e. The van der Waals surface area contributed by atoms with Crippen molar-refractivity contribution in [3.05, 3.63) is 24.0 Å². The highest BCUT2D eigenvalue weighted by Gasteiger charge is 2.09. The number of hydrogen-bond donors (Lipinski definition) is 1. The number of esters is 1. The van der Waals surface area contributed by atoms with Crippen LogP contribution in [0.5, 0.6) is 0 Å². The fraction of sp³-hybridized carbons (Fsp3) is 0.400. The van der Waals surface area contributed by atoms with Gasteiger partial charge in [-0.25, -0.2) is 4.79 Å². The third-order valence-electron chi connectivity index (χ3n) is 1.85. The second-order valence-corrected chi connectivity index (χ2v) is 2.98. The third kappa shape index (κ3) is 4.30. The van der Waals surface area contributed by atoms with Crippen LogP contribution in [0, 0.1) is 0 Å². The minimum Gasteiger partial charge on any atom is -0.437 e. The summed E-state index contributed by atoms with van der Waals surface area (Å²) in [5.41, 5.74) is 1.06. The zero-order valence-electron chi connectivity index (χ0n) is 8.49. The normalized spacial score (nSPS) is 9.67. The first kappa shape index (κ1) is 11.3. The van der Waals surface area contributed by atoms with E-state index in [1.807, 2.05) is 18.3 Å². The average Bonchev–Trinajstić information content (AvgIpc) is 2.70. The van der Waals surface area contributed by atoms with E-state index in [4.69, 9.17) is 0 Å². The lowest BCUT2D eigenvalue weighted by atomic mass is 10.2. The van der Waals surface area contributed by atoms with Crippen LogP contribution in [0.15, 0.2) is 18.3 Å². The van der Waals surface area contributed by atoms with Crippen LogP contribution in [0.1, 0.15) is 18.5 Å². The number of aromatic amines is 1. The molecule has 0 aliphatic carbocycles. The van der Waals surface area contributed by atoms with Crippen LogP contribution < -0.4 is 0 Å². The van der Waals surface area contributed by atoms with E-state index in [1.54, 1.807) is 0 Å². The molecule has 15 heavy (non-hydrogen) atoms. The second kappa shape index (κ2) is 5.85. The van der Waals surface area contributed by atoms with Crippen molar-refractivity contribution in [2.45, 2.75) is 19.3 Å². The maximum atomic E-state index is 11.0. The molecule has 0 amide bonds. The van der Waals surface area contributed by atoms with Gasteiger partial charge in [0.15, 0.2) is 0 Å². The minimum absolute atomic E-state index is 0.202. The molecular formula is C10H13NO4. The molecule has 0 unspecified atom stereocenters. The van der Waals surface area contributed by atoms with Gasteiger partial charge < -0.3 is 14.5 Å². The number of aromatic nitrogens is 1. The molecule has 1 aromatic heterocycles. The Labute approximate surface area is 87.4 Å². The van der Waals surface area contributed by atoms with Gasteiger partial charge in [-0.05, 0) is 25.0 Å². The predicted octanol–water partition coefficient (Wildman–Crippen LogP) is 1.65.